The zero-order chi connectivity index (χ0) is 0. The second kappa shape index (κ2) is 27.5. The Morgan fingerprint density at radius 3 is 0.800 bits per heavy atom. The quantitative estimate of drug-likeness (QED) is 0.635. The van der Waals surface area contributed by atoms with Crippen LogP contribution >= 0.6 is 0 Å². The summed E-state index contributed by atoms with van der Waals surface area (Å²) in [5, 5.41) is 0. The van der Waals surface area contributed by atoms with E-state index in [1.807, 2.05) is 0 Å². The second-order valence-electron chi connectivity index (χ2n) is 0. The fraction of sp³-hybridized carbons (Fsp3) is 0. The number of hydrogen-bond donors (Lipinski definition) is 1. The summed E-state index contributed by atoms with van der Waals surface area (Å²) in [6.45, 7) is 0. The smallest absolute Gasteiger partial charge is 0 e. The van der Waals surface area contributed by atoms with Crippen molar-refractivity contribution in [3.05, 3.63) is 0 Å². The first-order valence-corrected chi connectivity index (χ1v) is 0. The van der Waals surface area contributed by atoms with Crippen LogP contribution in [0.5, 0.6) is 0 Å². The number of rotatable bonds is 0. The normalized spacial score (nSPS) is 0. The van der Waals surface area contributed by atoms with Crippen LogP contribution in [0.15, 0.2) is 0 Å². The van der Waals surface area contributed by atoms with E-state index in [-0.39, 0.29) is 104 Å². The van der Waals surface area contributed by atoms with Crippen LogP contribution in [0.3, 0.4) is 0 Å². The molecule has 0 aliphatic carbocycles. The molecule has 0 aliphatic rings. The van der Waals surface area contributed by atoms with Crippen LogP contribution in [0.2, 0.25) is 0 Å². The Labute approximate surface area is 102 Å². The van der Waals surface area contributed by atoms with Gasteiger partial charge in [-0.3, -0.25) is 0 Å². The second-order valence-corrected chi connectivity index (χ2v) is 0. The monoisotopic (exact) mass is 317 g/mol. The molecule has 32 valence electrons. The van der Waals surface area contributed by atoms with Crippen molar-refractivity contribution in [3.63, 3.8) is 0 Å². The van der Waals surface area contributed by atoms with Crippen LogP contribution in [0.4, 0.5) is 0 Å². The molecule has 0 unspecified atom stereocenters. The molecular weight excluding hydrogens is 314 g/mol. The molecule has 0 spiro atoms. The molecule has 0 radical (unpaired) electrons. The molecule has 3 N–H and O–H groups in total. The van der Waals surface area contributed by atoms with Gasteiger partial charge in [-0.1, -0.05) is 0 Å². The van der Waals surface area contributed by atoms with E-state index in [0.29, 0.717) is 0 Å². The van der Waals surface area contributed by atoms with E-state index >= 15 is 0 Å². The minimum absolute atomic E-state index is 0. The largest absolute Gasteiger partial charge is 0.344 e. The molecule has 0 saturated carbocycles. The van der Waals surface area contributed by atoms with E-state index < -0.39 is 0 Å². The Morgan fingerprint density at radius 1 is 0.800 bits per heavy atom. The molecule has 5 heteroatoms. The van der Waals surface area contributed by atoms with Gasteiger partial charge in [0.15, 0.2) is 0 Å². The van der Waals surface area contributed by atoms with Gasteiger partial charge < -0.3 is 6.15 Å². The SMILES string of the molecule is N.[Ce].[Fe].[Fe].[Ti]. The molecule has 0 aromatic rings. The molecule has 0 aromatic heterocycles. The maximum absolute atomic E-state index is 0. The molecule has 0 amide bonds. The fourth-order valence-corrected chi connectivity index (χ4v) is 0. The molecule has 1 nitrogen and oxygen atoms in total. The summed E-state index contributed by atoms with van der Waals surface area (Å²) in [7, 11) is 0. The van der Waals surface area contributed by atoms with Gasteiger partial charge in [-0.05, 0) is 0 Å². The van der Waals surface area contributed by atoms with Gasteiger partial charge in [0.1, 0.15) is 0 Å². The maximum Gasteiger partial charge on any atom is 0 e. The van der Waals surface area contributed by atoms with Crippen molar-refractivity contribution in [2.24, 2.45) is 0 Å². The topological polar surface area (TPSA) is 35.0 Å². The molecule has 0 saturated heterocycles. The molecule has 0 aliphatic heterocycles. The van der Waals surface area contributed by atoms with Gasteiger partial charge in [0.05, 0.1) is 0 Å². The zero-order valence-corrected chi connectivity index (χ0v) is 9.32. The van der Waals surface area contributed by atoms with Gasteiger partial charge >= 0.3 is 0 Å². The molecule has 0 atom stereocenters. The van der Waals surface area contributed by atoms with Crippen molar-refractivity contribution in [2.45, 2.75) is 0 Å². The van der Waals surface area contributed by atoms with Crippen LogP contribution in [0.25, 0.3) is 0 Å². The van der Waals surface area contributed by atoms with Gasteiger partial charge in [-0.15, -0.1) is 0 Å². The van der Waals surface area contributed by atoms with E-state index in [2.05, 4.69) is 0 Å². The summed E-state index contributed by atoms with van der Waals surface area (Å²) in [4.78, 5) is 0. The molecule has 0 bridgehead atoms. The standard InChI is InChI=1S/Ce.2Fe.H3N.Ti/h;;;1H3;. The van der Waals surface area contributed by atoms with Gasteiger partial charge in [-0.25, -0.2) is 0 Å². The Balaban J connectivity index is 0. The molecule has 5 heavy (non-hydrogen) atoms. The summed E-state index contributed by atoms with van der Waals surface area (Å²) in [6.07, 6.45) is 0. The summed E-state index contributed by atoms with van der Waals surface area (Å²) >= 11 is 0. The van der Waals surface area contributed by atoms with Crippen molar-refractivity contribution in [1.29, 1.82) is 0 Å². The first-order valence-electron chi connectivity index (χ1n) is 0. The predicted octanol–water partition coefficient (Wildman–Crippen LogP) is 0.154. The third-order valence-electron chi connectivity index (χ3n) is 0. The van der Waals surface area contributed by atoms with E-state index in [4.69, 9.17) is 0 Å². The average Bonchev–Trinajstić information content (AvgIpc) is 0. The third kappa shape index (κ3) is 19.2. The van der Waals surface area contributed by atoms with Gasteiger partial charge in [-0.2, -0.15) is 0 Å². The van der Waals surface area contributed by atoms with Crippen molar-refractivity contribution in [1.82, 2.24) is 6.15 Å². The number of hydrogen-bond acceptors (Lipinski definition) is 1. The Bertz CT molecular complexity index is 9.61. The molecule has 0 heterocycles. The van der Waals surface area contributed by atoms with Crippen molar-refractivity contribution < 1.29 is 97.6 Å². The van der Waals surface area contributed by atoms with E-state index in [9.17, 15) is 0 Å². The summed E-state index contributed by atoms with van der Waals surface area (Å²) < 4.78 is 0. The van der Waals surface area contributed by atoms with E-state index in [1.165, 1.54) is 0 Å². The van der Waals surface area contributed by atoms with E-state index in [0.717, 1.165) is 0 Å². The predicted molar refractivity (Wildman–Crippen MR) is 5.02 cm³/mol. The summed E-state index contributed by atoms with van der Waals surface area (Å²) in [5.41, 5.74) is 0. The first-order chi connectivity index (χ1) is 0. The minimum Gasteiger partial charge on any atom is -0.344 e. The molecular formula is H3CeFe2NTi. The summed E-state index contributed by atoms with van der Waals surface area (Å²) in [5.74, 6) is 0. The van der Waals surface area contributed by atoms with Crippen molar-refractivity contribution >= 4 is 0 Å². The Hall–Kier alpha value is 3.09. The Kier molecular flexibility index (Phi) is 235. The van der Waals surface area contributed by atoms with Crippen LogP contribution < -0.4 is 6.15 Å². The molecule has 0 rings (SSSR count). The van der Waals surface area contributed by atoms with Crippen LogP contribution in [0, 0.1) is 41.7 Å². The van der Waals surface area contributed by atoms with Crippen LogP contribution in [-0.4, -0.2) is 0 Å². The summed E-state index contributed by atoms with van der Waals surface area (Å²) in [6, 6.07) is 0. The van der Waals surface area contributed by atoms with Gasteiger partial charge in [0, 0.05) is 97.6 Å². The van der Waals surface area contributed by atoms with Crippen LogP contribution in [-0.2, 0) is 55.9 Å². The van der Waals surface area contributed by atoms with Crippen molar-refractivity contribution in [3.8, 4) is 0 Å². The molecule has 0 aromatic carbocycles. The maximum atomic E-state index is 0. The van der Waals surface area contributed by atoms with Gasteiger partial charge in [0.25, 0.3) is 0 Å². The zero-order valence-electron chi connectivity index (χ0n) is 2.41. The first kappa shape index (κ1) is 42.6. The average molecular weight is 317 g/mol. The van der Waals surface area contributed by atoms with Gasteiger partial charge in [0.2, 0.25) is 0 Å². The molecule has 0 fully saturated rings. The third-order valence-corrected chi connectivity index (χ3v) is 0. The van der Waals surface area contributed by atoms with Crippen molar-refractivity contribution in [2.75, 3.05) is 0 Å². The fourth-order valence-electron chi connectivity index (χ4n) is 0. The minimum atomic E-state index is 0. The van der Waals surface area contributed by atoms with Crippen LogP contribution in [0.1, 0.15) is 0 Å². The van der Waals surface area contributed by atoms with E-state index in [1.54, 1.807) is 0 Å². The Morgan fingerprint density at radius 2 is 0.800 bits per heavy atom.